The van der Waals surface area contributed by atoms with E-state index in [1.807, 2.05) is 18.2 Å². The zero-order valence-corrected chi connectivity index (χ0v) is 15.1. The summed E-state index contributed by atoms with van der Waals surface area (Å²) in [5, 5.41) is 21.2. The summed E-state index contributed by atoms with van der Waals surface area (Å²) in [5.41, 5.74) is 1.57. The zero-order valence-electron chi connectivity index (χ0n) is 15.1. The highest BCUT2D eigenvalue weighted by Gasteiger charge is 2.20. The number of fused-ring (bicyclic) bond motifs is 1. The molecule has 8 nitrogen and oxygen atoms in total. The second-order valence-electron chi connectivity index (χ2n) is 6.90. The quantitative estimate of drug-likeness (QED) is 0.655. The number of hydrogen-bond donors (Lipinski definition) is 3. The van der Waals surface area contributed by atoms with Crippen molar-refractivity contribution < 1.29 is 9.90 Å². The van der Waals surface area contributed by atoms with Crippen molar-refractivity contribution >= 4 is 28.4 Å². The highest BCUT2D eigenvalue weighted by molar-refractivity contribution is 5.92. The number of amides is 1. The lowest BCUT2D eigenvalue weighted by atomic mass is 9.93. The fraction of sp³-hybridized carbons (Fsp3) is 0.368. The van der Waals surface area contributed by atoms with Crippen LogP contribution in [0, 0.1) is 0 Å². The van der Waals surface area contributed by atoms with Gasteiger partial charge in [0.2, 0.25) is 11.9 Å². The normalized spacial score (nSPS) is 19.8. The van der Waals surface area contributed by atoms with E-state index < -0.39 is 0 Å². The number of aliphatic hydroxyl groups is 1. The molecule has 27 heavy (non-hydrogen) atoms. The van der Waals surface area contributed by atoms with Crippen LogP contribution in [0.5, 0.6) is 0 Å². The first-order valence-electron chi connectivity index (χ1n) is 9.12. The molecule has 0 spiro atoms. The molecule has 140 valence electrons. The molecule has 8 heteroatoms. The van der Waals surface area contributed by atoms with Gasteiger partial charge in [0.05, 0.1) is 17.8 Å². The SMILES string of the molecule is CC(=O)Nc1ccc2cnn(-c3ccnc(N[C@H]4CC[C@H](O)CC4)n3)c2c1. The third-order valence-electron chi connectivity index (χ3n) is 4.78. The molecule has 3 N–H and O–H groups in total. The molecule has 1 saturated carbocycles. The molecule has 1 fully saturated rings. The summed E-state index contributed by atoms with van der Waals surface area (Å²) in [6.45, 7) is 1.48. The second-order valence-corrected chi connectivity index (χ2v) is 6.90. The lowest BCUT2D eigenvalue weighted by molar-refractivity contribution is -0.114. The monoisotopic (exact) mass is 366 g/mol. The standard InChI is InChI=1S/C19H22N6O2/c1-12(26)22-15-3-2-13-11-21-25(17(13)10-15)18-8-9-20-19(24-18)23-14-4-6-16(27)7-5-14/h2-3,8-11,14,16,27H,4-7H2,1H3,(H,22,26)(H,20,23,24)/t14-,16-. The van der Waals surface area contributed by atoms with E-state index >= 15 is 0 Å². The third kappa shape index (κ3) is 3.90. The van der Waals surface area contributed by atoms with Crippen LogP contribution in [-0.2, 0) is 4.79 Å². The van der Waals surface area contributed by atoms with E-state index in [9.17, 15) is 9.90 Å². The number of benzene rings is 1. The summed E-state index contributed by atoms with van der Waals surface area (Å²) < 4.78 is 1.73. The summed E-state index contributed by atoms with van der Waals surface area (Å²) in [5.74, 6) is 1.08. The van der Waals surface area contributed by atoms with Crippen LogP contribution in [0.2, 0.25) is 0 Å². The van der Waals surface area contributed by atoms with Gasteiger partial charge in [-0.1, -0.05) is 0 Å². The van der Waals surface area contributed by atoms with Gasteiger partial charge in [-0.3, -0.25) is 4.79 Å². The van der Waals surface area contributed by atoms with E-state index in [0.29, 0.717) is 17.5 Å². The summed E-state index contributed by atoms with van der Waals surface area (Å²) in [4.78, 5) is 20.2. The molecular formula is C19H22N6O2. The largest absolute Gasteiger partial charge is 0.393 e. The molecule has 0 bridgehead atoms. The molecular weight excluding hydrogens is 344 g/mol. The number of carbonyl (C=O) groups excluding carboxylic acids is 1. The Morgan fingerprint density at radius 3 is 2.81 bits per heavy atom. The van der Waals surface area contributed by atoms with Gasteiger partial charge < -0.3 is 15.7 Å². The van der Waals surface area contributed by atoms with Crippen molar-refractivity contribution in [2.75, 3.05) is 10.6 Å². The highest BCUT2D eigenvalue weighted by Crippen LogP contribution is 2.23. The van der Waals surface area contributed by atoms with Gasteiger partial charge in [0.15, 0.2) is 5.82 Å². The molecule has 0 aliphatic heterocycles. The van der Waals surface area contributed by atoms with Crippen molar-refractivity contribution in [1.29, 1.82) is 0 Å². The van der Waals surface area contributed by atoms with Gasteiger partial charge in [-0.25, -0.2) is 9.67 Å². The van der Waals surface area contributed by atoms with Crippen LogP contribution in [0.15, 0.2) is 36.7 Å². The first-order valence-corrected chi connectivity index (χ1v) is 9.12. The van der Waals surface area contributed by atoms with E-state index in [1.165, 1.54) is 6.92 Å². The molecule has 4 rings (SSSR count). The summed E-state index contributed by atoms with van der Waals surface area (Å²) in [7, 11) is 0. The Kier molecular flexibility index (Phi) is 4.72. The van der Waals surface area contributed by atoms with Crippen molar-refractivity contribution in [2.24, 2.45) is 0 Å². The Labute approximate surface area is 156 Å². The molecule has 1 aliphatic rings. The third-order valence-corrected chi connectivity index (χ3v) is 4.78. The predicted octanol–water partition coefficient (Wildman–Crippen LogP) is 2.49. The molecule has 1 amide bonds. The maximum absolute atomic E-state index is 11.3. The average Bonchev–Trinajstić information content (AvgIpc) is 3.07. The van der Waals surface area contributed by atoms with Gasteiger partial charge in [-0.15, -0.1) is 0 Å². The fourth-order valence-corrected chi connectivity index (χ4v) is 3.42. The van der Waals surface area contributed by atoms with Gasteiger partial charge in [0.1, 0.15) is 0 Å². The summed E-state index contributed by atoms with van der Waals surface area (Å²) in [6.07, 6.45) is 6.68. The lowest BCUT2D eigenvalue weighted by Crippen LogP contribution is -2.29. The van der Waals surface area contributed by atoms with E-state index in [2.05, 4.69) is 25.7 Å². The van der Waals surface area contributed by atoms with Gasteiger partial charge >= 0.3 is 0 Å². The molecule has 0 radical (unpaired) electrons. The number of anilines is 2. The minimum atomic E-state index is -0.191. The number of hydrogen-bond acceptors (Lipinski definition) is 6. The molecule has 0 saturated heterocycles. The molecule has 2 aromatic heterocycles. The van der Waals surface area contributed by atoms with E-state index in [1.54, 1.807) is 23.1 Å². The van der Waals surface area contributed by atoms with E-state index in [-0.39, 0.29) is 18.1 Å². The summed E-state index contributed by atoms with van der Waals surface area (Å²) in [6, 6.07) is 7.71. The van der Waals surface area contributed by atoms with Gasteiger partial charge in [-0.05, 0) is 43.9 Å². The van der Waals surface area contributed by atoms with Gasteiger partial charge in [0.25, 0.3) is 0 Å². The Morgan fingerprint density at radius 1 is 1.22 bits per heavy atom. The number of carbonyl (C=O) groups is 1. The highest BCUT2D eigenvalue weighted by atomic mass is 16.3. The number of aliphatic hydroxyl groups excluding tert-OH is 1. The van der Waals surface area contributed by atoms with Crippen LogP contribution in [0.25, 0.3) is 16.7 Å². The van der Waals surface area contributed by atoms with Gasteiger partial charge in [0, 0.05) is 36.3 Å². The minimum Gasteiger partial charge on any atom is -0.393 e. The molecule has 0 unspecified atom stereocenters. The number of nitrogens with zero attached hydrogens (tertiary/aromatic N) is 4. The fourth-order valence-electron chi connectivity index (χ4n) is 3.42. The van der Waals surface area contributed by atoms with Crippen LogP contribution in [-0.4, -0.2) is 42.9 Å². The average molecular weight is 366 g/mol. The van der Waals surface area contributed by atoms with Crippen LogP contribution < -0.4 is 10.6 Å². The minimum absolute atomic E-state index is 0.119. The van der Waals surface area contributed by atoms with Crippen molar-refractivity contribution in [3.8, 4) is 5.82 Å². The van der Waals surface area contributed by atoms with Crippen molar-refractivity contribution in [2.45, 2.75) is 44.8 Å². The van der Waals surface area contributed by atoms with Crippen LogP contribution in [0.4, 0.5) is 11.6 Å². The summed E-state index contributed by atoms with van der Waals surface area (Å²) >= 11 is 0. The molecule has 1 aliphatic carbocycles. The van der Waals surface area contributed by atoms with Crippen molar-refractivity contribution in [3.63, 3.8) is 0 Å². The topological polar surface area (TPSA) is 105 Å². The molecule has 2 heterocycles. The molecule has 3 aromatic rings. The number of rotatable bonds is 4. The molecule has 0 atom stereocenters. The zero-order chi connectivity index (χ0) is 18.8. The Hall–Kier alpha value is -3.00. The maximum Gasteiger partial charge on any atom is 0.224 e. The van der Waals surface area contributed by atoms with E-state index in [0.717, 1.165) is 36.6 Å². The number of nitrogens with one attached hydrogen (secondary N) is 2. The van der Waals surface area contributed by atoms with Crippen LogP contribution in [0.1, 0.15) is 32.6 Å². The molecule has 1 aromatic carbocycles. The van der Waals surface area contributed by atoms with Crippen LogP contribution >= 0.6 is 0 Å². The van der Waals surface area contributed by atoms with Crippen molar-refractivity contribution in [1.82, 2.24) is 19.7 Å². The Balaban J connectivity index is 1.60. The Morgan fingerprint density at radius 2 is 2.04 bits per heavy atom. The predicted molar refractivity (Wildman–Crippen MR) is 103 cm³/mol. The first-order chi connectivity index (χ1) is 13.1. The van der Waals surface area contributed by atoms with Crippen molar-refractivity contribution in [3.05, 3.63) is 36.7 Å². The lowest BCUT2D eigenvalue weighted by Gasteiger charge is -2.26. The van der Waals surface area contributed by atoms with E-state index in [4.69, 9.17) is 0 Å². The van der Waals surface area contributed by atoms with Crippen LogP contribution in [0.3, 0.4) is 0 Å². The van der Waals surface area contributed by atoms with Gasteiger partial charge in [-0.2, -0.15) is 10.1 Å². The Bertz CT molecular complexity index is 962. The second kappa shape index (κ2) is 7.32. The maximum atomic E-state index is 11.3. The smallest absolute Gasteiger partial charge is 0.224 e. The first kappa shape index (κ1) is 17.4. The number of aromatic nitrogens is 4.